The Morgan fingerprint density at radius 2 is 2.07 bits per heavy atom. The summed E-state index contributed by atoms with van der Waals surface area (Å²) in [5.74, 6) is -1.29. The van der Waals surface area contributed by atoms with Crippen LogP contribution < -0.4 is 0 Å². The molecular weight excluding hydrogens is 241 g/mol. The molecule has 0 saturated heterocycles. The Bertz CT molecular complexity index is 418. The zero-order valence-electron chi connectivity index (χ0n) is 7.44. The molecule has 0 bridgehead atoms. The van der Waals surface area contributed by atoms with Gasteiger partial charge in [0.05, 0.1) is 0 Å². The van der Waals surface area contributed by atoms with E-state index in [2.05, 4.69) is 5.16 Å². The van der Waals surface area contributed by atoms with Gasteiger partial charge in [0.1, 0.15) is 0 Å². The molecule has 0 fully saturated rings. The Morgan fingerprint density at radius 3 is 2.53 bits per heavy atom. The maximum absolute atomic E-state index is 10.6. The maximum atomic E-state index is 10.6. The Hall–Kier alpha value is -1.26. The molecule has 4 nitrogen and oxygen atoms in total. The largest absolute Gasteiger partial charge is 0.477 e. The first kappa shape index (κ1) is 11.8. The average Bonchev–Trinajstić information content (AvgIpc) is 2.16. The summed E-state index contributed by atoms with van der Waals surface area (Å²) < 4.78 is 0. The third-order valence-corrected chi connectivity index (χ3v) is 2.33. The number of carbonyl (C=O) groups is 1. The van der Waals surface area contributed by atoms with E-state index in [1.54, 1.807) is 12.1 Å². The monoisotopic (exact) mass is 247 g/mol. The highest BCUT2D eigenvalue weighted by Gasteiger charge is 2.13. The molecule has 80 valence electrons. The molecule has 0 aliphatic rings. The molecule has 0 aliphatic carbocycles. The van der Waals surface area contributed by atoms with Crippen molar-refractivity contribution in [1.82, 2.24) is 0 Å². The van der Waals surface area contributed by atoms with Crippen molar-refractivity contribution in [2.45, 2.75) is 6.42 Å². The highest BCUT2D eigenvalue weighted by molar-refractivity contribution is 6.38. The number of hydrogen-bond acceptors (Lipinski definition) is 3. The predicted octanol–water partition coefficient (Wildman–Crippen LogP) is 2.45. The van der Waals surface area contributed by atoms with Crippen molar-refractivity contribution in [1.29, 1.82) is 0 Å². The second-order valence-corrected chi connectivity index (χ2v) is 3.61. The minimum Gasteiger partial charge on any atom is -0.477 e. The molecule has 0 aromatic heterocycles. The van der Waals surface area contributed by atoms with Gasteiger partial charge in [-0.3, -0.25) is 0 Å². The molecule has 15 heavy (non-hydrogen) atoms. The van der Waals surface area contributed by atoms with Crippen molar-refractivity contribution in [3.63, 3.8) is 0 Å². The van der Waals surface area contributed by atoms with E-state index in [1.807, 2.05) is 0 Å². The van der Waals surface area contributed by atoms with Crippen LogP contribution in [0.2, 0.25) is 10.0 Å². The van der Waals surface area contributed by atoms with Crippen molar-refractivity contribution in [3.05, 3.63) is 33.8 Å². The van der Waals surface area contributed by atoms with Gasteiger partial charge in [-0.1, -0.05) is 34.4 Å². The van der Waals surface area contributed by atoms with Crippen LogP contribution in [0.15, 0.2) is 23.4 Å². The first-order chi connectivity index (χ1) is 7.04. The summed E-state index contributed by atoms with van der Waals surface area (Å²) in [7, 11) is 0. The quantitative estimate of drug-likeness (QED) is 0.490. The van der Waals surface area contributed by atoms with Crippen LogP contribution in [-0.2, 0) is 11.2 Å². The third-order valence-electron chi connectivity index (χ3n) is 1.74. The Balaban J connectivity index is 2.94. The van der Waals surface area contributed by atoms with Crippen molar-refractivity contribution in [2.75, 3.05) is 0 Å². The fraction of sp³-hybridized carbons (Fsp3) is 0.111. The smallest absolute Gasteiger partial charge is 0.354 e. The zero-order chi connectivity index (χ0) is 11.4. The summed E-state index contributed by atoms with van der Waals surface area (Å²) in [6.45, 7) is 0. The van der Waals surface area contributed by atoms with Crippen molar-refractivity contribution in [2.24, 2.45) is 5.16 Å². The third kappa shape index (κ3) is 3.11. The minimum atomic E-state index is -1.29. The normalized spacial score (nSPS) is 11.5. The van der Waals surface area contributed by atoms with Gasteiger partial charge in [0, 0.05) is 16.5 Å². The van der Waals surface area contributed by atoms with E-state index in [-0.39, 0.29) is 12.1 Å². The van der Waals surface area contributed by atoms with E-state index in [9.17, 15) is 4.79 Å². The van der Waals surface area contributed by atoms with Crippen molar-refractivity contribution in [3.8, 4) is 0 Å². The number of halogens is 2. The lowest BCUT2D eigenvalue weighted by Crippen LogP contribution is -2.16. The number of oxime groups is 1. The summed E-state index contributed by atoms with van der Waals surface area (Å²) in [6, 6.07) is 4.66. The summed E-state index contributed by atoms with van der Waals surface area (Å²) in [5, 5.41) is 20.5. The molecule has 0 saturated carbocycles. The Labute approximate surface area is 95.7 Å². The second kappa shape index (κ2) is 5.00. The Morgan fingerprint density at radius 1 is 1.40 bits per heavy atom. The molecule has 0 radical (unpaired) electrons. The van der Waals surface area contributed by atoms with Crippen LogP contribution in [0.25, 0.3) is 0 Å². The van der Waals surface area contributed by atoms with Crippen LogP contribution in [0.1, 0.15) is 5.56 Å². The molecule has 0 amide bonds. The molecule has 0 aliphatic heterocycles. The molecule has 2 N–H and O–H groups in total. The topological polar surface area (TPSA) is 69.9 Å². The van der Waals surface area contributed by atoms with E-state index >= 15 is 0 Å². The summed E-state index contributed by atoms with van der Waals surface area (Å²) in [4.78, 5) is 10.6. The SMILES string of the molecule is O=C(O)/C(Cc1ccc(Cl)cc1Cl)=N\O. The molecule has 1 aromatic rings. The first-order valence-corrected chi connectivity index (χ1v) is 4.68. The number of aliphatic carboxylic acids is 1. The number of carboxylic acid groups (broad SMARTS) is 1. The molecule has 0 spiro atoms. The lowest BCUT2D eigenvalue weighted by molar-refractivity contribution is -0.129. The van der Waals surface area contributed by atoms with E-state index in [0.29, 0.717) is 15.6 Å². The van der Waals surface area contributed by atoms with Crippen LogP contribution in [0.3, 0.4) is 0 Å². The second-order valence-electron chi connectivity index (χ2n) is 2.76. The molecule has 0 heterocycles. The van der Waals surface area contributed by atoms with Gasteiger partial charge in [-0.05, 0) is 17.7 Å². The van der Waals surface area contributed by atoms with Crippen LogP contribution in [0, 0.1) is 0 Å². The standard InChI is InChI=1S/C9H7Cl2NO3/c10-6-2-1-5(7(11)4-6)3-8(12-15)9(13)14/h1-2,4,15H,3H2,(H,13,14)/b12-8-. The van der Waals surface area contributed by atoms with E-state index in [4.69, 9.17) is 33.5 Å². The predicted molar refractivity (Wildman–Crippen MR) is 57.0 cm³/mol. The van der Waals surface area contributed by atoms with Crippen molar-refractivity contribution >= 4 is 34.9 Å². The van der Waals surface area contributed by atoms with E-state index < -0.39 is 5.97 Å². The zero-order valence-corrected chi connectivity index (χ0v) is 8.96. The summed E-state index contributed by atoms with van der Waals surface area (Å²) in [6.07, 6.45) is -0.0537. The van der Waals surface area contributed by atoms with Crippen molar-refractivity contribution < 1.29 is 15.1 Å². The fourth-order valence-electron chi connectivity index (χ4n) is 0.999. The van der Waals surface area contributed by atoms with E-state index in [0.717, 1.165) is 0 Å². The molecule has 0 atom stereocenters. The van der Waals surface area contributed by atoms with Gasteiger partial charge in [-0.2, -0.15) is 0 Å². The van der Waals surface area contributed by atoms with E-state index in [1.165, 1.54) is 6.07 Å². The lowest BCUT2D eigenvalue weighted by Gasteiger charge is -2.03. The number of benzene rings is 1. The number of rotatable bonds is 3. The average molecular weight is 248 g/mol. The molecule has 0 unspecified atom stereocenters. The van der Waals surface area contributed by atoms with Crippen LogP contribution in [0.5, 0.6) is 0 Å². The highest BCUT2D eigenvalue weighted by Crippen LogP contribution is 2.21. The lowest BCUT2D eigenvalue weighted by atomic mass is 10.1. The molecule has 1 rings (SSSR count). The number of nitrogens with zero attached hydrogens (tertiary/aromatic N) is 1. The van der Waals surface area contributed by atoms with Gasteiger partial charge in [0.25, 0.3) is 0 Å². The van der Waals surface area contributed by atoms with Gasteiger partial charge in [-0.25, -0.2) is 4.79 Å². The van der Waals surface area contributed by atoms with Crippen LogP contribution >= 0.6 is 23.2 Å². The maximum Gasteiger partial charge on any atom is 0.354 e. The molecular formula is C9H7Cl2NO3. The summed E-state index contributed by atoms with van der Waals surface area (Å²) >= 11 is 11.5. The molecule has 1 aromatic carbocycles. The number of hydrogen-bond donors (Lipinski definition) is 2. The van der Waals surface area contributed by atoms with Crippen LogP contribution in [-0.4, -0.2) is 22.0 Å². The first-order valence-electron chi connectivity index (χ1n) is 3.92. The van der Waals surface area contributed by atoms with Gasteiger partial charge in [0.2, 0.25) is 0 Å². The van der Waals surface area contributed by atoms with Gasteiger partial charge >= 0.3 is 5.97 Å². The fourth-order valence-corrected chi connectivity index (χ4v) is 1.47. The van der Waals surface area contributed by atoms with Crippen LogP contribution in [0.4, 0.5) is 0 Å². The summed E-state index contributed by atoms with van der Waals surface area (Å²) in [5.41, 5.74) is 0.162. The highest BCUT2D eigenvalue weighted by atomic mass is 35.5. The van der Waals surface area contributed by atoms with Gasteiger partial charge in [0.15, 0.2) is 5.71 Å². The number of carboxylic acids is 1. The van der Waals surface area contributed by atoms with Gasteiger partial charge < -0.3 is 10.3 Å². The van der Waals surface area contributed by atoms with Gasteiger partial charge in [-0.15, -0.1) is 0 Å². The minimum absolute atomic E-state index is 0.0537. The Kier molecular flexibility index (Phi) is 3.94. The molecule has 6 heteroatoms.